The van der Waals surface area contributed by atoms with Gasteiger partial charge in [-0.25, -0.2) is 9.37 Å². The number of hydrogen-bond acceptors (Lipinski definition) is 4. The number of fused-ring (bicyclic) bond motifs is 1. The van der Waals surface area contributed by atoms with Crippen LogP contribution in [0.2, 0.25) is 0 Å². The summed E-state index contributed by atoms with van der Waals surface area (Å²) in [5, 5.41) is 2.42. The fraction of sp³-hybridized carbons (Fsp3) is 0.316. The van der Waals surface area contributed by atoms with Gasteiger partial charge in [-0.2, -0.15) is 0 Å². The zero-order valence-corrected chi connectivity index (χ0v) is 15.4. The number of quaternary nitrogens is 1. The van der Waals surface area contributed by atoms with Crippen molar-refractivity contribution in [2.75, 3.05) is 13.1 Å². The number of piperidine rings is 1. The molecule has 27 heavy (non-hydrogen) atoms. The molecule has 6 nitrogen and oxygen atoms in total. The van der Waals surface area contributed by atoms with E-state index >= 15 is 0 Å². The van der Waals surface area contributed by atoms with E-state index in [-0.39, 0.29) is 23.2 Å². The van der Waals surface area contributed by atoms with E-state index in [2.05, 4.69) is 9.97 Å². The van der Waals surface area contributed by atoms with Crippen LogP contribution in [0, 0.1) is 11.7 Å². The SMILES string of the molecule is NC(=O)C1CC[NH+](Cc2nc3scc(-c4ccc(F)cc4)c3c(=O)[nH]2)CC1. The van der Waals surface area contributed by atoms with Gasteiger partial charge in [-0.15, -0.1) is 11.3 Å². The molecule has 1 aliphatic heterocycles. The minimum atomic E-state index is -0.310. The minimum absolute atomic E-state index is 0.0428. The van der Waals surface area contributed by atoms with E-state index in [1.807, 2.05) is 5.38 Å². The number of nitrogens with one attached hydrogen (secondary N) is 2. The standard InChI is InChI=1S/C19H19FN4O2S/c20-13-3-1-11(2-4-13)14-10-27-19-16(14)18(26)22-15(23-19)9-24-7-5-12(6-8-24)17(21)25/h1-4,10,12H,5-9H2,(H2,21,25)(H,22,23,26)/p+1. The Morgan fingerprint density at radius 2 is 2.00 bits per heavy atom. The van der Waals surface area contributed by atoms with E-state index in [0.29, 0.717) is 22.6 Å². The highest BCUT2D eigenvalue weighted by atomic mass is 32.1. The topological polar surface area (TPSA) is 93.3 Å². The first-order chi connectivity index (χ1) is 13.0. The third kappa shape index (κ3) is 3.63. The Hall–Kier alpha value is -2.58. The van der Waals surface area contributed by atoms with Crippen LogP contribution in [0.1, 0.15) is 18.7 Å². The van der Waals surface area contributed by atoms with Crippen LogP contribution in [-0.2, 0) is 11.3 Å². The molecular formula is C19H20FN4O2S+. The molecule has 4 rings (SSSR count). The maximum Gasteiger partial charge on any atom is 0.260 e. The van der Waals surface area contributed by atoms with Gasteiger partial charge in [0.1, 0.15) is 17.2 Å². The lowest BCUT2D eigenvalue weighted by atomic mass is 9.96. The summed E-state index contributed by atoms with van der Waals surface area (Å²) in [6.45, 7) is 2.28. The lowest BCUT2D eigenvalue weighted by Crippen LogP contribution is -3.12. The van der Waals surface area contributed by atoms with Crippen molar-refractivity contribution < 1.29 is 14.1 Å². The second-order valence-corrected chi connectivity index (χ2v) is 7.81. The molecule has 1 amide bonds. The molecule has 8 heteroatoms. The van der Waals surface area contributed by atoms with Crippen LogP contribution in [0.3, 0.4) is 0 Å². The van der Waals surface area contributed by atoms with Crippen LogP contribution in [0.5, 0.6) is 0 Å². The van der Waals surface area contributed by atoms with Gasteiger partial charge < -0.3 is 15.6 Å². The zero-order valence-electron chi connectivity index (χ0n) is 14.6. The number of rotatable bonds is 4. The first-order valence-corrected chi connectivity index (χ1v) is 9.78. The summed E-state index contributed by atoms with van der Waals surface area (Å²) in [5.74, 6) is 0.0657. The molecule has 140 valence electrons. The summed E-state index contributed by atoms with van der Waals surface area (Å²) >= 11 is 1.41. The Morgan fingerprint density at radius 1 is 1.30 bits per heavy atom. The number of halogens is 1. The number of likely N-dealkylation sites (tertiary alicyclic amines) is 1. The Morgan fingerprint density at radius 3 is 2.67 bits per heavy atom. The second-order valence-electron chi connectivity index (χ2n) is 6.95. The highest BCUT2D eigenvalue weighted by Gasteiger charge is 2.26. The third-order valence-electron chi connectivity index (χ3n) is 5.16. The maximum absolute atomic E-state index is 13.2. The van der Waals surface area contributed by atoms with Crippen molar-refractivity contribution in [3.05, 3.63) is 51.6 Å². The number of amides is 1. The van der Waals surface area contributed by atoms with Crippen molar-refractivity contribution in [2.24, 2.45) is 11.7 Å². The number of hydrogen-bond donors (Lipinski definition) is 3. The molecule has 2 aromatic heterocycles. The van der Waals surface area contributed by atoms with Gasteiger partial charge in [0, 0.05) is 29.7 Å². The average molecular weight is 387 g/mol. The average Bonchev–Trinajstić information content (AvgIpc) is 3.07. The van der Waals surface area contributed by atoms with Crippen LogP contribution < -0.4 is 16.2 Å². The quantitative estimate of drug-likeness (QED) is 0.625. The van der Waals surface area contributed by atoms with Gasteiger partial charge in [-0.1, -0.05) is 12.1 Å². The van der Waals surface area contributed by atoms with Crippen molar-refractivity contribution in [3.63, 3.8) is 0 Å². The molecule has 3 heterocycles. The van der Waals surface area contributed by atoms with Crippen molar-refractivity contribution in [1.29, 1.82) is 0 Å². The molecule has 1 saturated heterocycles. The van der Waals surface area contributed by atoms with Crippen molar-refractivity contribution in [3.8, 4) is 11.1 Å². The highest BCUT2D eigenvalue weighted by molar-refractivity contribution is 7.17. The Balaban J connectivity index is 1.57. The van der Waals surface area contributed by atoms with E-state index in [9.17, 15) is 14.0 Å². The van der Waals surface area contributed by atoms with Crippen LogP contribution in [0.4, 0.5) is 4.39 Å². The molecule has 1 fully saturated rings. The lowest BCUT2D eigenvalue weighted by Gasteiger charge is -2.27. The number of H-pyrrole nitrogens is 1. The van der Waals surface area contributed by atoms with Gasteiger partial charge in [0.25, 0.3) is 5.56 Å². The Labute approximate surface area is 158 Å². The van der Waals surface area contributed by atoms with Gasteiger partial charge in [-0.05, 0) is 17.7 Å². The van der Waals surface area contributed by atoms with Crippen molar-refractivity contribution in [1.82, 2.24) is 9.97 Å². The Kier molecular flexibility index (Phi) is 4.75. The van der Waals surface area contributed by atoms with Gasteiger partial charge in [0.15, 0.2) is 5.82 Å². The predicted octanol–water partition coefficient (Wildman–Crippen LogP) is 1.07. The molecule has 0 aliphatic carbocycles. The van der Waals surface area contributed by atoms with Crippen LogP contribution >= 0.6 is 11.3 Å². The van der Waals surface area contributed by atoms with Gasteiger partial charge in [-0.3, -0.25) is 9.59 Å². The van der Waals surface area contributed by atoms with E-state index < -0.39 is 0 Å². The van der Waals surface area contributed by atoms with Crippen LogP contribution in [-0.4, -0.2) is 29.0 Å². The molecule has 0 spiro atoms. The monoisotopic (exact) mass is 387 g/mol. The number of aromatic nitrogens is 2. The summed E-state index contributed by atoms with van der Waals surface area (Å²) < 4.78 is 13.2. The summed E-state index contributed by atoms with van der Waals surface area (Å²) in [6.07, 6.45) is 1.54. The van der Waals surface area contributed by atoms with E-state index in [1.54, 1.807) is 12.1 Å². The van der Waals surface area contributed by atoms with Crippen molar-refractivity contribution >= 4 is 27.5 Å². The smallest absolute Gasteiger partial charge is 0.260 e. The largest absolute Gasteiger partial charge is 0.369 e. The number of thiophene rings is 1. The zero-order chi connectivity index (χ0) is 19.0. The van der Waals surface area contributed by atoms with E-state index in [4.69, 9.17) is 5.73 Å². The van der Waals surface area contributed by atoms with E-state index in [0.717, 1.165) is 37.1 Å². The summed E-state index contributed by atoms with van der Waals surface area (Å²) in [5.41, 5.74) is 6.76. The number of nitrogens with two attached hydrogens (primary N) is 1. The number of carbonyl (C=O) groups is 1. The normalized spacial score (nSPS) is 20.0. The van der Waals surface area contributed by atoms with E-state index in [1.165, 1.54) is 28.4 Å². The molecule has 0 bridgehead atoms. The van der Waals surface area contributed by atoms with Gasteiger partial charge in [0.05, 0.1) is 18.5 Å². The number of aromatic amines is 1. The first kappa shape index (κ1) is 17.8. The molecule has 3 aromatic rings. The molecular weight excluding hydrogens is 367 g/mol. The van der Waals surface area contributed by atoms with Crippen LogP contribution in [0.15, 0.2) is 34.4 Å². The van der Waals surface area contributed by atoms with Crippen molar-refractivity contribution in [2.45, 2.75) is 19.4 Å². The Bertz CT molecular complexity index is 1040. The summed E-state index contributed by atoms with van der Waals surface area (Å²) in [7, 11) is 0. The minimum Gasteiger partial charge on any atom is -0.369 e. The lowest BCUT2D eigenvalue weighted by molar-refractivity contribution is -0.920. The van der Waals surface area contributed by atoms with Crippen LogP contribution in [0.25, 0.3) is 21.3 Å². The summed E-state index contributed by atoms with van der Waals surface area (Å²) in [6, 6.07) is 6.09. The fourth-order valence-electron chi connectivity index (χ4n) is 3.64. The number of nitrogens with zero attached hydrogens (tertiary/aromatic N) is 1. The highest BCUT2D eigenvalue weighted by Crippen LogP contribution is 2.30. The molecule has 1 aromatic carbocycles. The summed E-state index contributed by atoms with van der Waals surface area (Å²) in [4.78, 5) is 33.4. The molecule has 0 atom stereocenters. The first-order valence-electron chi connectivity index (χ1n) is 8.90. The number of benzene rings is 1. The second kappa shape index (κ2) is 7.21. The molecule has 4 N–H and O–H groups in total. The van der Waals surface area contributed by atoms with Gasteiger partial charge >= 0.3 is 0 Å². The fourth-order valence-corrected chi connectivity index (χ4v) is 4.61. The predicted molar refractivity (Wildman–Crippen MR) is 102 cm³/mol. The van der Waals surface area contributed by atoms with Gasteiger partial charge in [0.2, 0.25) is 5.91 Å². The number of carbonyl (C=O) groups excluding carboxylic acids is 1. The molecule has 1 aliphatic rings. The molecule has 0 unspecified atom stereocenters. The molecule has 0 radical (unpaired) electrons. The number of primary amides is 1. The maximum atomic E-state index is 13.2. The molecule has 0 saturated carbocycles. The third-order valence-corrected chi connectivity index (χ3v) is 6.03.